The maximum Gasteiger partial charge on any atom is 0.165 e. The smallest absolute Gasteiger partial charge is 0.165 e. The number of nitrogens with two attached hydrogens (primary N) is 1. The number of hydrogen-bond acceptors (Lipinski definition) is 2. The van der Waals surface area contributed by atoms with Crippen molar-refractivity contribution in [2.45, 2.75) is 31.8 Å². The molecule has 0 saturated heterocycles. The summed E-state index contributed by atoms with van der Waals surface area (Å²) in [5.74, 6) is 5.60. The van der Waals surface area contributed by atoms with E-state index in [2.05, 4.69) is 11.8 Å². The Morgan fingerprint density at radius 2 is 2.12 bits per heavy atom. The van der Waals surface area contributed by atoms with Crippen molar-refractivity contribution in [3.05, 3.63) is 29.6 Å². The van der Waals surface area contributed by atoms with Gasteiger partial charge < -0.3 is 10.5 Å². The predicted molar refractivity (Wildman–Crippen MR) is 65.2 cm³/mol. The third kappa shape index (κ3) is 3.21. The number of hydrogen-bond donors (Lipinski definition) is 1. The number of halogens is 1. The van der Waals surface area contributed by atoms with Gasteiger partial charge in [-0.25, -0.2) is 4.39 Å². The fraction of sp³-hybridized carbons (Fsp3) is 0.429. The molecule has 1 aromatic rings. The third-order valence-electron chi connectivity index (χ3n) is 2.86. The monoisotopic (exact) mass is 233 g/mol. The van der Waals surface area contributed by atoms with Crippen LogP contribution in [0.25, 0.3) is 0 Å². The Balaban J connectivity index is 2.13. The summed E-state index contributed by atoms with van der Waals surface area (Å²) in [7, 11) is 0. The van der Waals surface area contributed by atoms with E-state index in [1.807, 2.05) is 0 Å². The van der Waals surface area contributed by atoms with Gasteiger partial charge in [-0.2, -0.15) is 0 Å². The van der Waals surface area contributed by atoms with Crippen molar-refractivity contribution in [3.63, 3.8) is 0 Å². The molecule has 2 N–H and O–H groups in total. The molecule has 0 radical (unpaired) electrons. The van der Waals surface area contributed by atoms with E-state index in [4.69, 9.17) is 10.5 Å². The fourth-order valence-corrected chi connectivity index (χ4v) is 2.01. The Morgan fingerprint density at radius 3 is 2.82 bits per heavy atom. The van der Waals surface area contributed by atoms with Crippen molar-refractivity contribution in [1.29, 1.82) is 0 Å². The molecular weight excluding hydrogens is 217 g/mol. The van der Waals surface area contributed by atoms with Gasteiger partial charge in [0.1, 0.15) is 0 Å². The molecule has 3 heteroatoms. The van der Waals surface area contributed by atoms with Gasteiger partial charge in [0.05, 0.1) is 12.6 Å². The normalized spacial score (nSPS) is 15.4. The summed E-state index contributed by atoms with van der Waals surface area (Å²) in [5.41, 5.74) is 6.04. The summed E-state index contributed by atoms with van der Waals surface area (Å²) in [6.07, 6.45) is 4.51. The van der Waals surface area contributed by atoms with Crippen LogP contribution < -0.4 is 10.5 Å². The molecule has 2 nitrogen and oxygen atoms in total. The molecule has 0 amide bonds. The number of benzene rings is 1. The lowest BCUT2D eigenvalue weighted by Gasteiger charge is -2.13. The zero-order valence-electron chi connectivity index (χ0n) is 9.71. The second-order valence-corrected chi connectivity index (χ2v) is 4.18. The predicted octanol–water partition coefficient (Wildman–Crippen LogP) is 2.46. The molecule has 0 bridgehead atoms. The van der Waals surface area contributed by atoms with Gasteiger partial charge in [-0.3, -0.25) is 0 Å². The van der Waals surface area contributed by atoms with Gasteiger partial charge >= 0.3 is 0 Å². The third-order valence-corrected chi connectivity index (χ3v) is 2.86. The first kappa shape index (κ1) is 11.9. The summed E-state index contributed by atoms with van der Waals surface area (Å²) in [6, 6.07) is 4.68. The molecule has 0 aromatic heterocycles. The van der Waals surface area contributed by atoms with Gasteiger partial charge in [-0.15, -0.1) is 0 Å². The molecule has 0 aliphatic heterocycles. The highest BCUT2D eigenvalue weighted by molar-refractivity contribution is 5.40. The fourth-order valence-electron chi connectivity index (χ4n) is 2.01. The molecule has 1 fully saturated rings. The molecule has 17 heavy (non-hydrogen) atoms. The molecule has 0 spiro atoms. The average Bonchev–Trinajstić information content (AvgIpc) is 2.83. The largest absolute Gasteiger partial charge is 0.487 e. The first-order valence-electron chi connectivity index (χ1n) is 5.95. The van der Waals surface area contributed by atoms with Crippen LogP contribution in [-0.4, -0.2) is 12.6 Å². The van der Waals surface area contributed by atoms with Crippen LogP contribution in [0, 0.1) is 17.7 Å². The van der Waals surface area contributed by atoms with E-state index >= 15 is 0 Å². The standard InChI is InChI=1S/C14H16FNO/c15-13-8-7-11(4-3-9-16)10-14(13)17-12-5-1-2-6-12/h7-8,10,12H,1-2,5-6,9,16H2. The summed E-state index contributed by atoms with van der Waals surface area (Å²) in [6.45, 7) is 0.302. The zero-order chi connectivity index (χ0) is 12.1. The Bertz CT molecular complexity index is 441. The van der Waals surface area contributed by atoms with E-state index < -0.39 is 0 Å². The molecule has 1 aliphatic carbocycles. The number of ether oxygens (including phenoxy) is 1. The van der Waals surface area contributed by atoms with E-state index in [0.717, 1.165) is 18.4 Å². The Kier molecular flexibility index (Phi) is 4.00. The van der Waals surface area contributed by atoms with Crippen molar-refractivity contribution in [1.82, 2.24) is 0 Å². The maximum atomic E-state index is 13.5. The average molecular weight is 233 g/mol. The lowest BCUT2D eigenvalue weighted by Crippen LogP contribution is -2.11. The van der Waals surface area contributed by atoms with Crippen LogP contribution in [0.2, 0.25) is 0 Å². The van der Waals surface area contributed by atoms with E-state index in [1.54, 1.807) is 12.1 Å². The number of rotatable bonds is 2. The molecule has 1 saturated carbocycles. The van der Waals surface area contributed by atoms with Crippen LogP contribution in [0.1, 0.15) is 31.2 Å². The van der Waals surface area contributed by atoms with Crippen LogP contribution in [0.3, 0.4) is 0 Å². The second kappa shape index (κ2) is 5.70. The van der Waals surface area contributed by atoms with E-state index in [9.17, 15) is 4.39 Å². The molecule has 1 aromatic carbocycles. The van der Waals surface area contributed by atoms with Gasteiger partial charge in [-0.1, -0.05) is 11.8 Å². The van der Waals surface area contributed by atoms with Gasteiger partial charge in [-0.05, 0) is 43.9 Å². The first-order valence-corrected chi connectivity index (χ1v) is 5.95. The molecule has 90 valence electrons. The Hall–Kier alpha value is -1.53. The van der Waals surface area contributed by atoms with Crippen LogP contribution in [0.4, 0.5) is 4.39 Å². The van der Waals surface area contributed by atoms with Crippen molar-refractivity contribution in [3.8, 4) is 17.6 Å². The molecule has 0 unspecified atom stereocenters. The molecule has 0 heterocycles. The molecule has 2 rings (SSSR count). The lowest BCUT2D eigenvalue weighted by atomic mass is 10.2. The van der Waals surface area contributed by atoms with Crippen molar-refractivity contribution < 1.29 is 9.13 Å². The molecular formula is C14H16FNO. The quantitative estimate of drug-likeness (QED) is 0.796. The van der Waals surface area contributed by atoms with Gasteiger partial charge in [0.25, 0.3) is 0 Å². The highest BCUT2D eigenvalue weighted by atomic mass is 19.1. The summed E-state index contributed by atoms with van der Waals surface area (Å²) in [5, 5.41) is 0. The van der Waals surface area contributed by atoms with Crippen molar-refractivity contribution in [2.75, 3.05) is 6.54 Å². The second-order valence-electron chi connectivity index (χ2n) is 4.18. The minimum absolute atomic E-state index is 0.155. The molecule has 1 aliphatic rings. The van der Waals surface area contributed by atoms with Crippen molar-refractivity contribution in [2.24, 2.45) is 5.73 Å². The van der Waals surface area contributed by atoms with Crippen LogP contribution in [0.15, 0.2) is 18.2 Å². The van der Waals surface area contributed by atoms with Gasteiger partial charge in [0.15, 0.2) is 11.6 Å². The van der Waals surface area contributed by atoms with E-state index in [1.165, 1.54) is 18.9 Å². The summed E-state index contributed by atoms with van der Waals surface area (Å²) < 4.78 is 19.2. The van der Waals surface area contributed by atoms with E-state index in [0.29, 0.717) is 12.3 Å². The topological polar surface area (TPSA) is 35.2 Å². The van der Waals surface area contributed by atoms with Crippen LogP contribution in [-0.2, 0) is 0 Å². The Labute approximate surface area is 101 Å². The molecule has 0 atom stereocenters. The lowest BCUT2D eigenvalue weighted by molar-refractivity contribution is 0.200. The van der Waals surface area contributed by atoms with Crippen LogP contribution >= 0.6 is 0 Å². The summed E-state index contributed by atoms with van der Waals surface area (Å²) >= 11 is 0. The highest BCUT2D eigenvalue weighted by Crippen LogP contribution is 2.26. The minimum atomic E-state index is -0.324. The first-order chi connectivity index (χ1) is 8.29. The van der Waals surface area contributed by atoms with Crippen LogP contribution in [0.5, 0.6) is 5.75 Å². The minimum Gasteiger partial charge on any atom is -0.487 e. The van der Waals surface area contributed by atoms with Gasteiger partial charge in [0.2, 0.25) is 0 Å². The SMILES string of the molecule is NCC#Cc1ccc(F)c(OC2CCCC2)c1. The van der Waals surface area contributed by atoms with Gasteiger partial charge in [0, 0.05) is 5.56 Å². The summed E-state index contributed by atoms with van der Waals surface area (Å²) in [4.78, 5) is 0. The zero-order valence-corrected chi connectivity index (χ0v) is 9.71. The van der Waals surface area contributed by atoms with E-state index in [-0.39, 0.29) is 11.9 Å². The maximum absolute atomic E-state index is 13.5. The van der Waals surface area contributed by atoms with Crippen molar-refractivity contribution >= 4 is 0 Å². The Morgan fingerprint density at radius 1 is 1.35 bits per heavy atom. The highest BCUT2D eigenvalue weighted by Gasteiger charge is 2.18.